The molecule has 0 spiro atoms. The minimum Gasteiger partial charge on any atom is -0.497 e. The second-order valence-corrected chi connectivity index (χ2v) is 9.32. The molecular formula is C26H38N6O3S. The number of urea groups is 1. The lowest BCUT2D eigenvalue weighted by Gasteiger charge is -2.25. The summed E-state index contributed by atoms with van der Waals surface area (Å²) in [6.45, 7) is 3.85. The van der Waals surface area contributed by atoms with Gasteiger partial charge in [-0.1, -0.05) is 31.2 Å². The van der Waals surface area contributed by atoms with Crippen LogP contribution in [0.4, 0.5) is 16.2 Å². The lowest BCUT2D eigenvalue weighted by Crippen LogP contribution is -2.43. The Morgan fingerprint density at radius 1 is 1.17 bits per heavy atom. The number of hydrogen-bond donors (Lipinski definition) is 4. The number of methoxy groups -OCH3 is 1. The molecule has 1 unspecified atom stereocenters. The average Bonchev–Trinajstić information content (AvgIpc) is 3.28. The molecule has 1 atom stereocenters. The number of benzene rings is 1. The van der Waals surface area contributed by atoms with E-state index < -0.39 is 0 Å². The molecule has 2 aromatic rings. The van der Waals surface area contributed by atoms with Crippen molar-refractivity contribution in [3.63, 3.8) is 0 Å². The predicted molar refractivity (Wildman–Crippen MR) is 148 cm³/mol. The van der Waals surface area contributed by atoms with Crippen LogP contribution in [0.15, 0.2) is 59.0 Å². The molecule has 1 aromatic heterocycles. The molecule has 0 aliphatic heterocycles. The third kappa shape index (κ3) is 9.27. The number of likely N-dealkylation sites (N-methyl/N-ethyl adjacent to an activating group) is 1. The van der Waals surface area contributed by atoms with Gasteiger partial charge in [-0.05, 0) is 50.0 Å². The number of nitrogens with two attached hydrogens (primary N) is 2. The topological polar surface area (TPSA) is 126 Å². The molecule has 1 aromatic carbocycles. The van der Waals surface area contributed by atoms with Gasteiger partial charge < -0.3 is 36.6 Å². The summed E-state index contributed by atoms with van der Waals surface area (Å²) in [6, 6.07) is 7.35. The minimum atomic E-state index is -0.363. The van der Waals surface area contributed by atoms with E-state index in [0.29, 0.717) is 44.0 Å². The van der Waals surface area contributed by atoms with Gasteiger partial charge in [0.25, 0.3) is 0 Å². The van der Waals surface area contributed by atoms with Gasteiger partial charge in [0.15, 0.2) is 0 Å². The Labute approximate surface area is 217 Å². The number of rotatable bonds is 13. The molecule has 3 amide bonds. The number of nitrogens with zero attached hydrogens (tertiary/aromatic N) is 2. The van der Waals surface area contributed by atoms with Crippen molar-refractivity contribution in [3.05, 3.63) is 64.5 Å². The van der Waals surface area contributed by atoms with E-state index in [0.717, 1.165) is 16.9 Å². The highest BCUT2D eigenvalue weighted by Gasteiger charge is 2.17. The molecule has 0 radical (unpaired) electrons. The highest BCUT2D eigenvalue weighted by molar-refractivity contribution is 7.09. The fraction of sp³-hybridized carbons (Fsp3) is 0.385. The summed E-state index contributed by atoms with van der Waals surface area (Å²) in [6.07, 6.45) is 5.70. The van der Waals surface area contributed by atoms with Crippen LogP contribution in [0, 0.1) is 5.92 Å². The zero-order valence-electron chi connectivity index (χ0n) is 21.5. The first-order valence-electron chi connectivity index (χ1n) is 11.8. The third-order valence-electron chi connectivity index (χ3n) is 5.56. The lowest BCUT2D eigenvalue weighted by molar-refractivity contribution is -0.118. The second kappa shape index (κ2) is 14.8. The Kier molecular flexibility index (Phi) is 11.8. The van der Waals surface area contributed by atoms with Gasteiger partial charge in [-0.3, -0.25) is 4.79 Å². The summed E-state index contributed by atoms with van der Waals surface area (Å²) in [4.78, 5) is 29.5. The standard InChI is InChI=1S/C26H38N6O3S/c1-5-21(25(33)30-24-18-36-17-23(24)28)9-6-20(14-27)16-32(13-12-31(2)3)26(34)29-15-19-7-10-22(35-4)11-8-19/h6-11,14,17-18,21H,5,12-13,15-16,27-28H2,1-4H3,(H,29,34)(H,30,33)/b9-6-,20-14+. The summed E-state index contributed by atoms with van der Waals surface area (Å²) in [5.74, 6) is 0.260. The van der Waals surface area contributed by atoms with Crippen LogP contribution in [0.2, 0.25) is 0 Å². The maximum atomic E-state index is 13.0. The summed E-state index contributed by atoms with van der Waals surface area (Å²) >= 11 is 1.43. The van der Waals surface area contributed by atoms with E-state index in [4.69, 9.17) is 16.2 Å². The molecule has 9 nitrogen and oxygen atoms in total. The zero-order chi connectivity index (χ0) is 26.5. The Bertz CT molecular complexity index is 1030. The quantitative estimate of drug-likeness (QED) is 0.303. The Balaban J connectivity index is 2.03. The van der Waals surface area contributed by atoms with E-state index in [1.165, 1.54) is 17.5 Å². The molecule has 0 saturated heterocycles. The maximum Gasteiger partial charge on any atom is 0.318 e. The van der Waals surface area contributed by atoms with Crippen LogP contribution in [0.3, 0.4) is 0 Å². The SMILES string of the molecule is CCC(/C=C\C(=C/N)CN(CCN(C)C)C(=O)NCc1ccc(OC)cc1)C(=O)Nc1cscc1N. The van der Waals surface area contributed by atoms with E-state index in [1.807, 2.05) is 67.7 Å². The summed E-state index contributed by atoms with van der Waals surface area (Å²) in [7, 11) is 5.53. The van der Waals surface area contributed by atoms with Crippen LogP contribution in [0.5, 0.6) is 5.75 Å². The van der Waals surface area contributed by atoms with Crippen molar-refractivity contribution < 1.29 is 14.3 Å². The van der Waals surface area contributed by atoms with Gasteiger partial charge in [0, 0.05) is 36.9 Å². The van der Waals surface area contributed by atoms with E-state index in [9.17, 15) is 9.59 Å². The number of ether oxygens (including phenoxy) is 1. The fourth-order valence-electron chi connectivity index (χ4n) is 3.27. The molecule has 0 bridgehead atoms. The first-order chi connectivity index (χ1) is 17.3. The second-order valence-electron chi connectivity index (χ2n) is 8.58. The van der Waals surface area contributed by atoms with Crippen molar-refractivity contribution in [3.8, 4) is 5.75 Å². The van der Waals surface area contributed by atoms with Crippen LogP contribution in [-0.2, 0) is 11.3 Å². The van der Waals surface area contributed by atoms with Crippen LogP contribution in [-0.4, -0.2) is 62.6 Å². The molecular weight excluding hydrogens is 476 g/mol. The van der Waals surface area contributed by atoms with Crippen LogP contribution in [0.1, 0.15) is 18.9 Å². The first-order valence-corrected chi connectivity index (χ1v) is 12.7. The van der Waals surface area contributed by atoms with Crippen molar-refractivity contribution in [2.24, 2.45) is 11.7 Å². The molecule has 0 fully saturated rings. The lowest BCUT2D eigenvalue weighted by atomic mass is 10.0. The number of thiophene rings is 1. The molecule has 36 heavy (non-hydrogen) atoms. The molecule has 0 aliphatic rings. The molecule has 0 saturated carbocycles. The van der Waals surface area contributed by atoms with Crippen molar-refractivity contribution in [2.45, 2.75) is 19.9 Å². The number of nitrogen functional groups attached to an aromatic ring is 1. The Morgan fingerprint density at radius 3 is 2.44 bits per heavy atom. The van der Waals surface area contributed by atoms with Crippen LogP contribution >= 0.6 is 11.3 Å². The van der Waals surface area contributed by atoms with E-state index in [1.54, 1.807) is 17.4 Å². The van der Waals surface area contributed by atoms with Gasteiger partial charge in [-0.25, -0.2) is 4.79 Å². The molecule has 10 heteroatoms. The van der Waals surface area contributed by atoms with Gasteiger partial charge in [-0.15, -0.1) is 11.3 Å². The van der Waals surface area contributed by atoms with Crippen molar-refractivity contribution in [1.82, 2.24) is 15.1 Å². The van der Waals surface area contributed by atoms with E-state index >= 15 is 0 Å². The van der Waals surface area contributed by atoms with Crippen LogP contribution in [0.25, 0.3) is 0 Å². The van der Waals surface area contributed by atoms with Crippen molar-refractivity contribution >= 4 is 34.6 Å². The molecule has 1 heterocycles. The van der Waals surface area contributed by atoms with Gasteiger partial charge in [-0.2, -0.15) is 0 Å². The van der Waals surface area contributed by atoms with Crippen molar-refractivity contribution in [2.75, 3.05) is 51.9 Å². The largest absolute Gasteiger partial charge is 0.497 e. The molecule has 2 rings (SSSR count). The monoisotopic (exact) mass is 514 g/mol. The maximum absolute atomic E-state index is 13.0. The first kappa shape index (κ1) is 28.7. The van der Waals surface area contributed by atoms with Gasteiger partial charge in [0.05, 0.1) is 24.4 Å². The number of amides is 3. The average molecular weight is 515 g/mol. The van der Waals surface area contributed by atoms with Crippen molar-refractivity contribution in [1.29, 1.82) is 0 Å². The predicted octanol–water partition coefficient (Wildman–Crippen LogP) is 3.48. The minimum absolute atomic E-state index is 0.142. The number of hydrogen-bond acceptors (Lipinski definition) is 7. The summed E-state index contributed by atoms with van der Waals surface area (Å²) < 4.78 is 5.18. The van der Waals surface area contributed by atoms with E-state index in [2.05, 4.69) is 10.6 Å². The molecule has 6 N–H and O–H groups in total. The number of anilines is 2. The Hall–Kier alpha value is -3.50. The highest BCUT2D eigenvalue weighted by atomic mass is 32.1. The zero-order valence-corrected chi connectivity index (χ0v) is 22.3. The van der Waals surface area contributed by atoms with E-state index in [-0.39, 0.29) is 17.9 Å². The normalized spacial score (nSPS) is 12.5. The Morgan fingerprint density at radius 2 is 1.89 bits per heavy atom. The summed E-state index contributed by atoms with van der Waals surface area (Å²) in [5, 5.41) is 9.43. The highest BCUT2D eigenvalue weighted by Crippen LogP contribution is 2.24. The third-order valence-corrected chi connectivity index (χ3v) is 6.33. The number of carbonyl (C=O) groups is 2. The van der Waals surface area contributed by atoms with Gasteiger partial charge >= 0.3 is 6.03 Å². The molecule has 0 aliphatic carbocycles. The summed E-state index contributed by atoms with van der Waals surface area (Å²) in [5.41, 5.74) is 14.6. The van der Waals surface area contributed by atoms with Gasteiger partial charge in [0.2, 0.25) is 5.91 Å². The smallest absolute Gasteiger partial charge is 0.318 e. The fourth-order valence-corrected chi connectivity index (χ4v) is 3.94. The van der Waals surface area contributed by atoms with Gasteiger partial charge in [0.1, 0.15) is 5.75 Å². The number of nitrogens with one attached hydrogen (secondary N) is 2. The number of carbonyl (C=O) groups excluding carboxylic acids is 2. The van der Waals surface area contributed by atoms with Crippen LogP contribution < -0.4 is 26.8 Å². The molecule has 196 valence electrons.